The second-order valence-electron chi connectivity index (χ2n) is 1.01. The molecule has 0 aromatic carbocycles. The second kappa shape index (κ2) is 11.1. The predicted molar refractivity (Wildman–Crippen MR) is 30.4 cm³/mol. The molecule has 0 radical (unpaired) electrons. The molecule has 58 valence electrons. The summed E-state index contributed by atoms with van der Waals surface area (Å²) < 4.78 is 0. The molecule has 1 aromatic heterocycles. The van der Waals surface area contributed by atoms with Crippen LogP contribution in [-0.2, 0) is 27.2 Å². The predicted octanol–water partition coefficient (Wildman–Crippen LogP) is 0.0857. The largest absolute Gasteiger partial charge is 1.00 e. The zero-order valence-electron chi connectivity index (χ0n) is 4.86. The normalized spacial score (nSPS) is 6.00. The van der Waals surface area contributed by atoms with Crippen molar-refractivity contribution in [1.82, 2.24) is 10.2 Å². The number of rotatable bonds is 0. The first-order valence-electron chi connectivity index (χ1n) is 2.14. The summed E-state index contributed by atoms with van der Waals surface area (Å²) in [6, 6.07) is 3.65. The van der Waals surface area contributed by atoms with Crippen molar-refractivity contribution in [2.24, 2.45) is 0 Å². The van der Waals surface area contributed by atoms with Crippen molar-refractivity contribution < 1.29 is 32.3 Å². The fourth-order valence-corrected chi connectivity index (χ4v) is 0.253. The van der Waals surface area contributed by atoms with Gasteiger partial charge in [0.2, 0.25) is 0 Å². The minimum absolute atomic E-state index is 0. The van der Waals surface area contributed by atoms with Crippen LogP contribution in [0.5, 0.6) is 0 Å². The molecular formula is C5H5AgN2O2. The first-order valence-corrected chi connectivity index (χ1v) is 2.14. The van der Waals surface area contributed by atoms with Crippen LogP contribution in [0.4, 0.5) is 0 Å². The van der Waals surface area contributed by atoms with Crippen molar-refractivity contribution >= 4 is 6.47 Å². The van der Waals surface area contributed by atoms with E-state index in [1.165, 1.54) is 0 Å². The van der Waals surface area contributed by atoms with Gasteiger partial charge >= 0.3 is 22.4 Å². The third kappa shape index (κ3) is 10.3. The molecular weight excluding hydrogens is 228 g/mol. The first-order chi connectivity index (χ1) is 4.41. The molecule has 10 heavy (non-hydrogen) atoms. The molecule has 5 heteroatoms. The van der Waals surface area contributed by atoms with Crippen molar-refractivity contribution in [2.45, 2.75) is 0 Å². The van der Waals surface area contributed by atoms with Crippen LogP contribution in [0.25, 0.3) is 0 Å². The molecule has 0 atom stereocenters. The van der Waals surface area contributed by atoms with E-state index in [0.29, 0.717) is 6.47 Å². The Kier molecular flexibility index (Phi) is 13.4. The van der Waals surface area contributed by atoms with Gasteiger partial charge in [0, 0.05) is 12.4 Å². The molecule has 1 N–H and O–H groups in total. The van der Waals surface area contributed by atoms with Gasteiger partial charge in [0.05, 0.1) is 0 Å². The minimum atomic E-state index is 0. The van der Waals surface area contributed by atoms with E-state index in [1.54, 1.807) is 12.4 Å². The quantitative estimate of drug-likeness (QED) is 0.509. The van der Waals surface area contributed by atoms with Crippen LogP contribution in [0.2, 0.25) is 0 Å². The van der Waals surface area contributed by atoms with Crippen LogP contribution < -0.4 is 0 Å². The van der Waals surface area contributed by atoms with Crippen LogP contribution in [0.3, 0.4) is 0 Å². The van der Waals surface area contributed by atoms with E-state index >= 15 is 0 Å². The van der Waals surface area contributed by atoms with E-state index in [2.05, 4.69) is 10.2 Å². The Hall–Kier alpha value is -0.710. The van der Waals surface area contributed by atoms with Crippen LogP contribution in [-0.4, -0.2) is 21.8 Å². The van der Waals surface area contributed by atoms with E-state index in [1.807, 2.05) is 12.1 Å². The molecule has 0 spiro atoms. The number of aliphatic hydroxyl groups excluding tert-OH is 1. The van der Waals surface area contributed by atoms with E-state index in [9.17, 15) is 0 Å². The van der Waals surface area contributed by atoms with Gasteiger partial charge in [-0.1, -0.05) is 6.47 Å². The summed E-state index contributed by atoms with van der Waals surface area (Å²) in [4.78, 5) is 8.24. The summed E-state index contributed by atoms with van der Waals surface area (Å²) in [7, 11) is 0. The Balaban J connectivity index is 0. The summed E-state index contributed by atoms with van der Waals surface area (Å²) in [5.74, 6) is 0. The SMILES string of the molecule is O=[C-]O.[Ag+].c1ccnnc1. The average Bonchev–Trinajstić information content (AvgIpc) is 1.93. The maximum Gasteiger partial charge on any atom is 1.00 e. The van der Waals surface area contributed by atoms with Crippen LogP contribution in [0, 0.1) is 0 Å². The summed E-state index contributed by atoms with van der Waals surface area (Å²) in [5, 5.41) is 13.8. The smallest absolute Gasteiger partial charge is 0.665 e. The molecule has 0 fully saturated rings. The van der Waals surface area contributed by atoms with E-state index in [-0.39, 0.29) is 22.4 Å². The molecule has 0 aliphatic heterocycles. The zero-order chi connectivity index (χ0) is 6.95. The number of hydrogen-bond acceptors (Lipinski definition) is 3. The molecule has 0 saturated heterocycles. The molecule has 0 aliphatic carbocycles. The summed E-state index contributed by atoms with van der Waals surface area (Å²) in [6.45, 7) is 0.500. The number of hydrogen-bond donors (Lipinski definition) is 1. The van der Waals surface area contributed by atoms with Gasteiger partial charge in [0.15, 0.2) is 0 Å². The topological polar surface area (TPSA) is 63.1 Å². The molecule has 0 aliphatic rings. The minimum Gasteiger partial charge on any atom is -0.665 e. The van der Waals surface area contributed by atoms with Gasteiger partial charge in [-0.25, -0.2) is 0 Å². The molecule has 1 rings (SSSR count). The van der Waals surface area contributed by atoms with Gasteiger partial charge in [0.1, 0.15) is 0 Å². The fourth-order valence-electron chi connectivity index (χ4n) is 0.253. The first kappa shape index (κ1) is 12.0. The Labute approximate surface area is 73.8 Å². The van der Waals surface area contributed by atoms with E-state index in [4.69, 9.17) is 9.90 Å². The Morgan fingerprint density at radius 3 is 1.60 bits per heavy atom. The van der Waals surface area contributed by atoms with Gasteiger partial charge in [-0.15, -0.1) is 0 Å². The van der Waals surface area contributed by atoms with E-state index < -0.39 is 0 Å². The monoisotopic (exact) mass is 232 g/mol. The molecule has 0 saturated carbocycles. The number of nitrogens with zero attached hydrogens (tertiary/aromatic N) is 2. The third-order valence-corrected chi connectivity index (χ3v) is 0.483. The van der Waals surface area contributed by atoms with Crippen LogP contribution >= 0.6 is 0 Å². The van der Waals surface area contributed by atoms with Crippen LogP contribution in [0.1, 0.15) is 0 Å². The van der Waals surface area contributed by atoms with Gasteiger partial charge in [-0.05, 0) is 12.1 Å². The van der Waals surface area contributed by atoms with Crippen molar-refractivity contribution in [2.75, 3.05) is 0 Å². The third-order valence-electron chi connectivity index (χ3n) is 0.483. The van der Waals surface area contributed by atoms with Crippen molar-refractivity contribution in [3.05, 3.63) is 24.5 Å². The molecule has 0 amide bonds. The summed E-state index contributed by atoms with van der Waals surface area (Å²) in [5.41, 5.74) is 0. The standard InChI is InChI=1S/C4H4N2.CHO2.Ag/c1-2-4-6-5-3-1;2-1-3;/h1-4H;(H,2,3);/q;-1;+1. The van der Waals surface area contributed by atoms with Crippen molar-refractivity contribution in [1.29, 1.82) is 0 Å². The second-order valence-corrected chi connectivity index (χ2v) is 1.01. The van der Waals surface area contributed by atoms with Gasteiger partial charge in [-0.3, -0.25) is 0 Å². The van der Waals surface area contributed by atoms with Gasteiger partial charge < -0.3 is 9.90 Å². The van der Waals surface area contributed by atoms with E-state index in [0.717, 1.165) is 0 Å². The Morgan fingerprint density at radius 1 is 1.20 bits per heavy atom. The van der Waals surface area contributed by atoms with Crippen LogP contribution in [0.15, 0.2) is 24.5 Å². The fraction of sp³-hybridized carbons (Fsp3) is 0. The summed E-state index contributed by atoms with van der Waals surface area (Å²) >= 11 is 0. The van der Waals surface area contributed by atoms with Crippen molar-refractivity contribution in [3.8, 4) is 0 Å². The molecule has 0 bridgehead atoms. The molecule has 0 unspecified atom stereocenters. The molecule has 1 heterocycles. The zero-order valence-corrected chi connectivity index (χ0v) is 6.34. The molecule has 4 nitrogen and oxygen atoms in total. The average molecular weight is 233 g/mol. The van der Waals surface area contributed by atoms with Gasteiger partial charge in [0.25, 0.3) is 0 Å². The number of aromatic nitrogens is 2. The molecule has 1 aromatic rings. The Bertz CT molecular complexity index is 121. The van der Waals surface area contributed by atoms with Gasteiger partial charge in [-0.2, -0.15) is 10.2 Å². The Morgan fingerprint density at radius 2 is 1.50 bits per heavy atom. The van der Waals surface area contributed by atoms with Crippen molar-refractivity contribution in [3.63, 3.8) is 0 Å². The maximum atomic E-state index is 8.24. The maximum absolute atomic E-state index is 8.24. The summed E-state index contributed by atoms with van der Waals surface area (Å²) in [6.07, 6.45) is 3.28.